The van der Waals surface area contributed by atoms with Gasteiger partial charge in [-0.25, -0.2) is 4.99 Å². The first kappa shape index (κ1) is 11.7. The second kappa shape index (κ2) is 5.40. The third-order valence-corrected chi connectivity index (χ3v) is 1.32. The Hall–Kier alpha value is -1.26. The lowest BCUT2D eigenvalue weighted by molar-refractivity contribution is -0.127. The second-order valence-electron chi connectivity index (χ2n) is 3.29. The van der Waals surface area contributed by atoms with Crippen LogP contribution in [0.5, 0.6) is 0 Å². The van der Waals surface area contributed by atoms with E-state index in [1.165, 1.54) is 4.90 Å². The summed E-state index contributed by atoms with van der Waals surface area (Å²) in [6.07, 6.45) is 0. The Balaban J connectivity index is 3.90. The highest BCUT2D eigenvalue weighted by atomic mass is 16.2. The van der Waals surface area contributed by atoms with Crippen LogP contribution < -0.4 is 11.1 Å². The molecule has 0 saturated carbocycles. The Morgan fingerprint density at radius 3 is 2.46 bits per heavy atom. The largest absolute Gasteiger partial charge is 0.370 e. The normalized spacial score (nSPS) is 11.6. The number of carbonyl (C=O) groups is 1. The number of nitrogens with one attached hydrogen (secondary N) is 1. The number of guanidine groups is 1. The van der Waals surface area contributed by atoms with Crippen molar-refractivity contribution in [2.45, 2.75) is 19.9 Å². The van der Waals surface area contributed by atoms with Crippen LogP contribution in [0.1, 0.15) is 13.8 Å². The first-order chi connectivity index (χ1) is 5.93. The topological polar surface area (TPSA) is 70.7 Å². The molecule has 0 aliphatic rings. The SMILES string of the molecule is CC(C)NC(N)=NCC(=O)N(C)C. The predicted octanol–water partition coefficient (Wildman–Crippen LogP) is -0.613. The number of rotatable bonds is 3. The number of carbonyl (C=O) groups excluding carboxylic acids is 1. The van der Waals surface area contributed by atoms with Crippen molar-refractivity contribution in [3.8, 4) is 0 Å². The van der Waals surface area contributed by atoms with Gasteiger partial charge in [-0.3, -0.25) is 4.79 Å². The van der Waals surface area contributed by atoms with Gasteiger partial charge in [0.25, 0.3) is 0 Å². The molecule has 0 radical (unpaired) electrons. The van der Waals surface area contributed by atoms with Crippen molar-refractivity contribution in [3.63, 3.8) is 0 Å². The summed E-state index contributed by atoms with van der Waals surface area (Å²) >= 11 is 0. The third kappa shape index (κ3) is 5.95. The lowest BCUT2D eigenvalue weighted by Crippen LogP contribution is -2.37. The van der Waals surface area contributed by atoms with Gasteiger partial charge in [0.15, 0.2) is 5.96 Å². The number of aliphatic imine (C=N–C) groups is 1. The van der Waals surface area contributed by atoms with Crippen molar-refractivity contribution in [2.75, 3.05) is 20.6 Å². The van der Waals surface area contributed by atoms with Crippen LogP contribution in [0.3, 0.4) is 0 Å². The monoisotopic (exact) mass is 186 g/mol. The minimum atomic E-state index is -0.0616. The molecular weight excluding hydrogens is 168 g/mol. The van der Waals surface area contributed by atoms with Crippen molar-refractivity contribution >= 4 is 11.9 Å². The van der Waals surface area contributed by atoms with Gasteiger partial charge in [0.2, 0.25) is 5.91 Å². The van der Waals surface area contributed by atoms with Crippen LogP contribution in [0.2, 0.25) is 0 Å². The summed E-state index contributed by atoms with van der Waals surface area (Å²) in [6.45, 7) is 4.00. The van der Waals surface area contributed by atoms with Crippen LogP contribution in [0.4, 0.5) is 0 Å². The molecule has 5 heteroatoms. The molecule has 0 fully saturated rings. The minimum Gasteiger partial charge on any atom is -0.370 e. The summed E-state index contributed by atoms with van der Waals surface area (Å²) in [5.41, 5.74) is 5.49. The van der Waals surface area contributed by atoms with Gasteiger partial charge in [0, 0.05) is 20.1 Å². The second-order valence-corrected chi connectivity index (χ2v) is 3.29. The van der Waals surface area contributed by atoms with E-state index in [4.69, 9.17) is 5.73 Å². The number of amides is 1. The van der Waals surface area contributed by atoms with Crippen LogP contribution in [0.15, 0.2) is 4.99 Å². The van der Waals surface area contributed by atoms with E-state index in [2.05, 4.69) is 10.3 Å². The molecular formula is C8H18N4O. The van der Waals surface area contributed by atoms with Gasteiger partial charge < -0.3 is 16.0 Å². The maximum absolute atomic E-state index is 11.1. The van der Waals surface area contributed by atoms with E-state index < -0.39 is 0 Å². The first-order valence-electron chi connectivity index (χ1n) is 4.20. The average molecular weight is 186 g/mol. The van der Waals surface area contributed by atoms with Crippen molar-refractivity contribution in [1.82, 2.24) is 10.2 Å². The zero-order valence-corrected chi connectivity index (χ0v) is 8.66. The average Bonchev–Trinajstić information content (AvgIpc) is 1.98. The molecule has 13 heavy (non-hydrogen) atoms. The predicted molar refractivity (Wildman–Crippen MR) is 53.5 cm³/mol. The molecule has 0 atom stereocenters. The van der Waals surface area contributed by atoms with Gasteiger partial charge in [-0.05, 0) is 13.8 Å². The fraction of sp³-hybridized carbons (Fsp3) is 0.750. The number of nitrogens with zero attached hydrogens (tertiary/aromatic N) is 2. The molecule has 0 saturated heterocycles. The Kier molecular flexibility index (Phi) is 4.87. The van der Waals surface area contributed by atoms with Crippen molar-refractivity contribution in [1.29, 1.82) is 0 Å². The van der Waals surface area contributed by atoms with Gasteiger partial charge in [-0.15, -0.1) is 0 Å². The van der Waals surface area contributed by atoms with E-state index in [9.17, 15) is 4.79 Å². The van der Waals surface area contributed by atoms with E-state index in [0.29, 0.717) is 5.96 Å². The zero-order chi connectivity index (χ0) is 10.4. The molecule has 76 valence electrons. The lowest BCUT2D eigenvalue weighted by atomic mass is 10.4. The molecule has 5 nitrogen and oxygen atoms in total. The lowest BCUT2D eigenvalue weighted by Gasteiger charge is -2.10. The van der Waals surface area contributed by atoms with Gasteiger partial charge in [0.1, 0.15) is 6.54 Å². The van der Waals surface area contributed by atoms with E-state index in [1.807, 2.05) is 13.8 Å². The highest BCUT2D eigenvalue weighted by Gasteiger charge is 2.02. The molecule has 1 amide bonds. The van der Waals surface area contributed by atoms with Crippen molar-refractivity contribution in [3.05, 3.63) is 0 Å². The van der Waals surface area contributed by atoms with Crippen LogP contribution in [-0.4, -0.2) is 43.4 Å². The highest BCUT2D eigenvalue weighted by Crippen LogP contribution is 1.81. The smallest absolute Gasteiger partial charge is 0.243 e. The van der Waals surface area contributed by atoms with Gasteiger partial charge in [-0.2, -0.15) is 0 Å². The summed E-state index contributed by atoms with van der Waals surface area (Å²) in [6, 6.07) is 0.234. The van der Waals surface area contributed by atoms with Crippen molar-refractivity contribution < 1.29 is 4.79 Å². The molecule has 0 unspecified atom stereocenters. The fourth-order valence-electron chi connectivity index (χ4n) is 0.636. The number of hydrogen-bond acceptors (Lipinski definition) is 2. The molecule has 0 aromatic rings. The maximum Gasteiger partial charge on any atom is 0.243 e. The number of nitrogens with two attached hydrogens (primary N) is 1. The highest BCUT2D eigenvalue weighted by molar-refractivity contribution is 5.83. The zero-order valence-electron chi connectivity index (χ0n) is 8.66. The van der Waals surface area contributed by atoms with Crippen LogP contribution in [0, 0.1) is 0 Å². The maximum atomic E-state index is 11.1. The molecule has 0 aliphatic carbocycles. The number of hydrogen-bond donors (Lipinski definition) is 2. The van der Waals surface area contributed by atoms with Gasteiger partial charge in [-0.1, -0.05) is 0 Å². The molecule has 3 N–H and O–H groups in total. The van der Waals surface area contributed by atoms with Gasteiger partial charge >= 0.3 is 0 Å². The Morgan fingerprint density at radius 2 is 2.08 bits per heavy atom. The molecule has 0 aromatic heterocycles. The summed E-state index contributed by atoms with van der Waals surface area (Å²) in [5, 5.41) is 2.89. The summed E-state index contributed by atoms with van der Waals surface area (Å²) in [4.78, 5) is 16.4. The van der Waals surface area contributed by atoms with E-state index in [1.54, 1.807) is 14.1 Å². The third-order valence-electron chi connectivity index (χ3n) is 1.32. The van der Waals surface area contributed by atoms with E-state index in [-0.39, 0.29) is 18.5 Å². The summed E-state index contributed by atoms with van der Waals surface area (Å²) < 4.78 is 0. The minimum absolute atomic E-state index is 0.0616. The Morgan fingerprint density at radius 1 is 1.54 bits per heavy atom. The molecule has 0 aliphatic heterocycles. The standard InChI is InChI=1S/C8H18N4O/c1-6(2)11-8(9)10-5-7(13)12(3)4/h6H,5H2,1-4H3,(H3,9,10,11). The molecule has 0 bridgehead atoms. The van der Waals surface area contributed by atoms with E-state index in [0.717, 1.165) is 0 Å². The van der Waals surface area contributed by atoms with Crippen LogP contribution in [0.25, 0.3) is 0 Å². The molecule has 0 heterocycles. The molecule has 0 rings (SSSR count). The summed E-state index contributed by atoms with van der Waals surface area (Å²) in [7, 11) is 3.37. The number of likely N-dealkylation sites (N-methyl/N-ethyl adjacent to an activating group) is 1. The quantitative estimate of drug-likeness (QED) is 0.456. The van der Waals surface area contributed by atoms with Crippen LogP contribution >= 0.6 is 0 Å². The fourth-order valence-corrected chi connectivity index (χ4v) is 0.636. The van der Waals surface area contributed by atoms with Gasteiger partial charge in [0.05, 0.1) is 0 Å². The Bertz CT molecular complexity index is 198. The Labute approximate surface area is 79.0 Å². The molecule has 0 spiro atoms. The van der Waals surface area contributed by atoms with E-state index >= 15 is 0 Å². The van der Waals surface area contributed by atoms with Crippen LogP contribution in [-0.2, 0) is 4.79 Å². The first-order valence-corrected chi connectivity index (χ1v) is 4.20. The van der Waals surface area contributed by atoms with Crippen molar-refractivity contribution in [2.24, 2.45) is 10.7 Å². The molecule has 0 aromatic carbocycles. The summed E-state index contributed by atoms with van der Waals surface area (Å²) in [5.74, 6) is 0.249.